The minimum absolute atomic E-state index is 0.159. The third kappa shape index (κ3) is 5.60. The molecule has 2 aliphatic heterocycles. The molecule has 6 nitrogen and oxygen atoms in total. The van der Waals surface area contributed by atoms with Crippen LogP contribution >= 0.6 is 0 Å². The van der Waals surface area contributed by atoms with Gasteiger partial charge in [0.15, 0.2) is 5.96 Å². The molecule has 2 aliphatic rings. The van der Waals surface area contributed by atoms with Gasteiger partial charge in [0.2, 0.25) is 0 Å². The fraction of sp³-hybridized carbons (Fsp3) is 0.944. The molecule has 0 amide bonds. The number of aliphatic imine (C=N–C) groups is 1. The van der Waals surface area contributed by atoms with E-state index in [-0.39, 0.29) is 12.2 Å². The highest BCUT2D eigenvalue weighted by atomic mass is 16.5. The highest BCUT2D eigenvalue weighted by Gasteiger charge is 2.32. The first-order valence-corrected chi connectivity index (χ1v) is 9.46. The van der Waals surface area contributed by atoms with Crippen LogP contribution in [0.25, 0.3) is 0 Å². The summed E-state index contributed by atoms with van der Waals surface area (Å²) in [6, 6.07) is 0. The van der Waals surface area contributed by atoms with Crippen LogP contribution in [0.4, 0.5) is 0 Å². The van der Waals surface area contributed by atoms with E-state index in [0.717, 1.165) is 64.7 Å². The molecule has 0 bridgehead atoms. The van der Waals surface area contributed by atoms with Crippen LogP contribution in [0.1, 0.15) is 40.0 Å². The van der Waals surface area contributed by atoms with Crippen molar-refractivity contribution in [2.75, 3.05) is 46.5 Å². The highest BCUT2D eigenvalue weighted by Crippen LogP contribution is 2.21. The molecule has 2 saturated heterocycles. The van der Waals surface area contributed by atoms with Crippen molar-refractivity contribution < 1.29 is 14.2 Å². The average molecular weight is 341 g/mol. The number of nitrogens with one attached hydrogen (secondary N) is 1. The lowest BCUT2D eigenvalue weighted by Gasteiger charge is -2.37. The number of hydrogen-bond acceptors (Lipinski definition) is 4. The van der Waals surface area contributed by atoms with Crippen LogP contribution in [0.15, 0.2) is 4.99 Å². The number of ether oxygens (including phenoxy) is 3. The molecule has 0 spiro atoms. The van der Waals surface area contributed by atoms with Gasteiger partial charge in [0, 0.05) is 39.9 Å². The lowest BCUT2D eigenvalue weighted by Crippen LogP contribution is -2.53. The van der Waals surface area contributed by atoms with Crippen LogP contribution in [0.2, 0.25) is 0 Å². The third-order valence-electron chi connectivity index (χ3n) is 4.82. The summed E-state index contributed by atoms with van der Waals surface area (Å²) in [7, 11) is 1.85. The topological polar surface area (TPSA) is 55.3 Å². The quantitative estimate of drug-likeness (QED) is 0.566. The Morgan fingerprint density at radius 3 is 2.71 bits per heavy atom. The second-order valence-corrected chi connectivity index (χ2v) is 6.91. The average Bonchev–Trinajstić information content (AvgIpc) is 3.12. The molecule has 3 unspecified atom stereocenters. The van der Waals surface area contributed by atoms with Crippen LogP contribution < -0.4 is 5.32 Å². The van der Waals surface area contributed by atoms with E-state index in [2.05, 4.69) is 36.0 Å². The first kappa shape index (κ1) is 19.5. The third-order valence-corrected chi connectivity index (χ3v) is 4.82. The summed E-state index contributed by atoms with van der Waals surface area (Å²) in [6.07, 6.45) is 3.94. The molecular formula is C18H35N3O3. The largest absolute Gasteiger partial charge is 0.378 e. The van der Waals surface area contributed by atoms with E-state index in [0.29, 0.717) is 12.0 Å². The van der Waals surface area contributed by atoms with Crippen LogP contribution in [-0.2, 0) is 14.2 Å². The van der Waals surface area contributed by atoms with Crippen molar-refractivity contribution in [1.29, 1.82) is 0 Å². The summed E-state index contributed by atoms with van der Waals surface area (Å²) in [4.78, 5) is 6.75. The summed E-state index contributed by atoms with van der Waals surface area (Å²) < 4.78 is 17.5. The van der Waals surface area contributed by atoms with E-state index in [4.69, 9.17) is 14.2 Å². The number of morpholine rings is 1. The van der Waals surface area contributed by atoms with Gasteiger partial charge in [-0.2, -0.15) is 0 Å². The van der Waals surface area contributed by atoms with Gasteiger partial charge in [-0.05, 0) is 32.1 Å². The van der Waals surface area contributed by atoms with Crippen LogP contribution in [0.3, 0.4) is 0 Å². The molecule has 6 heteroatoms. The second kappa shape index (κ2) is 10.2. The molecule has 0 aliphatic carbocycles. The Bertz CT molecular complexity index is 384. The minimum atomic E-state index is 0.159. The Labute approximate surface area is 146 Å². The summed E-state index contributed by atoms with van der Waals surface area (Å²) in [6.45, 7) is 11.4. The Morgan fingerprint density at radius 1 is 1.29 bits per heavy atom. The van der Waals surface area contributed by atoms with Crippen LogP contribution in [0.5, 0.6) is 0 Å². The molecule has 2 heterocycles. The maximum atomic E-state index is 5.92. The van der Waals surface area contributed by atoms with Gasteiger partial charge in [-0.25, -0.2) is 0 Å². The molecule has 0 aromatic rings. The molecule has 2 fully saturated rings. The van der Waals surface area contributed by atoms with E-state index in [1.165, 1.54) is 0 Å². The van der Waals surface area contributed by atoms with Crippen LogP contribution in [-0.4, -0.2) is 75.7 Å². The fourth-order valence-corrected chi connectivity index (χ4v) is 3.47. The Hall–Kier alpha value is -0.850. The molecule has 0 aromatic heterocycles. The first-order valence-electron chi connectivity index (χ1n) is 9.46. The van der Waals surface area contributed by atoms with Gasteiger partial charge in [0.25, 0.3) is 0 Å². The van der Waals surface area contributed by atoms with Gasteiger partial charge in [0.05, 0.1) is 18.8 Å². The van der Waals surface area contributed by atoms with Crippen LogP contribution in [0, 0.1) is 5.92 Å². The van der Waals surface area contributed by atoms with Crippen molar-refractivity contribution in [3.63, 3.8) is 0 Å². The lowest BCUT2D eigenvalue weighted by atomic mass is 10.0. The summed E-state index contributed by atoms with van der Waals surface area (Å²) >= 11 is 0. The summed E-state index contributed by atoms with van der Waals surface area (Å²) in [5.74, 6) is 1.49. The predicted octanol–water partition coefficient (Wildman–Crippen LogP) is 1.89. The van der Waals surface area contributed by atoms with E-state index < -0.39 is 0 Å². The van der Waals surface area contributed by atoms with Crippen molar-refractivity contribution in [3.05, 3.63) is 0 Å². The molecule has 1 N–H and O–H groups in total. The van der Waals surface area contributed by atoms with Crippen molar-refractivity contribution in [2.24, 2.45) is 10.9 Å². The van der Waals surface area contributed by atoms with E-state index in [9.17, 15) is 0 Å². The van der Waals surface area contributed by atoms with Crippen molar-refractivity contribution in [1.82, 2.24) is 10.2 Å². The van der Waals surface area contributed by atoms with Gasteiger partial charge in [-0.1, -0.05) is 13.8 Å². The zero-order valence-corrected chi connectivity index (χ0v) is 15.8. The number of hydrogen-bond donors (Lipinski definition) is 1. The molecular weight excluding hydrogens is 306 g/mol. The minimum Gasteiger partial charge on any atom is -0.378 e. The molecule has 3 atom stereocenters. The smallest absolute Gasteiger partial charge is 0.193 e. The second-order valence-electron chi connectivity index (χ2n) is 6.91. The maximum Gasteiger partial charge on any atom is 0.193 e. The Morgan fingerprint density at radius 2 is 2.08 bits per heavy atom. The zero-order valence-electron chi connectivity index (χ0n) is 15.8. The molecule has 0 radical (unpaired) electrons. The summed E-state index contributed by atoms with van der Waals surface area (Å²) in [5, 5.41) is 3.49. The Kier molecular flexibility index (Phi) is 8.29. The normalized spacial score (nSPS) is 26.9. The first-order chi connectivity index (χ1) is 11.7. The van der Waals surface area contributed by atoms with Crippen molar-refractivity contribution in [3.8, 4) is 0 Å². The van der Waals surface area contributed by atoms with Gasteiger partial charge in [-0.3, -0.25) is 4.99 Å². The molecule has 0 aromatic carbocycles. The molecule has 140 valence electrons. The zero-order chi connectivity index (χ0) is 17.4. The van der Waals surface area contributed by atoms with Crippen molar-refractivity contribution >= 4 is 5.96 Å². The fourth-order valence-electron chi connectivity index (χ4n) is 3.47. The molecule has 24 heavy (non-hydrogen) atoms. The Balaban J connectivity index is 1.79. The molecule has 2 rings (SSSR count). The van der Waals surface area contributed by atoms with E-state index in [1.54, 1.807) is 0 Å². The maximum absolute atomic E-state index is 5.92. The standard InChI is InChI=1S/C18H35N3O3/c1-5-22-15(14(2)3)8-9-20-18(19-4)21-10-12-24-17(13-21)16-7-6-11-23-16/h14-17H,5-13H2,1-4H3,(H,19,20). The monoisotopic (exact) mass is 341 g/mol. The predicted molar refractivity (Wildman–Crippen MR) is 96.5 cm³/mol. The number of rotatable bonds is 7. The van der Waals surface area contributed by atoms with Gasteiger partial charge in [0.1, 0.15) is 6.10 Å². The molecule has 0 saturated carbocycles. The van der Waals surface area contributed by atoms with Gasteiger partial charge in [-0.15, -0.1) is 0 Å². The van der Waals surface area contributed by atoms with E-state index >= 15 is 0 Å². The number of nitrogens with zero attached hydrogens (tertiary/aromatic N) is 2. The lowest BCUT2D eigenvalue weighted by molar-refractivity contribution is -0.0817. The SMILES string of the molecule is CCOC(CCNC(=NC)N1CCOC(C2CCCO2)C1)C(C)C. The summed E-state index contributed by atoms with van der Waals surface area (Å²) in [5.41, 5.74) is 0. The van der Waals surface area contributed by atoms with E-state index in [1.807, 2.05) is 7.05 Å². The van der Waals surface area contributed by atoms with Gasteiger partial charge < -0.3 is 24.4 Å². The van der Waals surface area contributed by atoms with Gasteiger partial charge >= 0.3 is 0 Å². The van der Waals surface area contributed by atoms with Crippen molar-refractivity contribution in [2.45, 2.75) is 58.3 Å². The highest BCUT2D eigenvalue weighted by molar-refractivity contribution is 5.80. The number of guanidine groups is 1.